The highest BCUT2D eigenvalue weighted by Crippen LogP contribution is 2.21. The van der Waals surface area contributed by atoms with Gasteiger partial charge in [-0.15, -0.1) is 0 Å². The van der Waals surface area contributed by atoms with Crippen LogP contribution >= 0.6 is 23.3 Å². The Morgan fingerprint density at radius 2 is 2.35 bits per heavy atom. The van der Waals surface area contributed by atoms with E-state index >= 15 is 0 Å². The third kappa shape index (κ3) is 4.50. The van der Waals surface area contributed by atoms with E-state index in [1.54, 1.807) is 23.9 Å². The van der Waals surface area contributed by atoms with Crippen LogP contribution in [0.3, 0.4) is 0 Å². The standard InChI is InChI=1S/C13H16N4OS2/c1-2-11-16-13(20-17-11)19-7-6-12(18)15-10-5-3-4-9(14)8-10/h3-5,8H,2,6-7,14H2,1H3,(H,15,18). The predicted molar refractivity (Wildman–Crippen MR) is 84.1 cm³/mol. The number of carbonyl (C=O) groups is 1. The first-order valence-electron chi connectivity index (χ1n) is 6.28. The molecule has 0 saturated heterocycles. The summed E-state index contributed by atoms with van der Waals surface area (Å²) in [6, 6.07) is 7.16. The van der Waals surface area contributed by atoms with Crippen molar-refractivity contribution >= 4 is 40.6 Å². The van der Waals surface area contributed by atoms with Crippen LogP contribution in [0.15, 0.2) is 28.6 Å². The van der Waals surface area contributed by atoms with E-state index in [0.29, 0.717) is 17.9 Å². The van der Waals surface area contributed by atoms with E-state index in [1.807, 2.05) is 19.1 Å². The molecule has 1 heterocycles. The van der Waals surface area contributed by atoms with Gasteiger partial charge in [0, 0.05) is 30.0 Å². The van der Waals surface area contributed by atoms with Crippen LogP contribution in [0.2, 0.25) is 0 Å². The molecular weight excluding hydrogens is 292 g/mol. The fraction of sp³-hybridized carbons (Fsp3) is 0.308. The van der Waals surface area contributed by atoms with Gasteiger partial charge in [-0.2, -0.15) is 4.37 Å². The molecule has 0 radical (unpaired) electrons. The maximum Gasteiger partial charge on any atom is 0.225 e. The minimum absolute atomic E-state index is 0.0247. The summed E-state index contributed by atoms with van der Waals surface area (Å²) in [6.07, 6.45) is 1.27. The van der Waals surface area contributed by atoms with Crippen molar-refractivity contribution in [1.29, 1.82) is 0 Å². The summed E-state index contributed by atoms with van der Waals surface area (Å²) in [5, 5.41) is 2.82. The minimum atomic E-state index is -0.0247. The van der Waals surface area contributed by atoms with Crippen molar-refractivity contribution in [3.63, 3.8) is 0 Å². The van der Waals surface area contributed by atoms with Gasteiger partial charge < -0.3 is 11.1 Å². The number of aromatic nitrogens is 2. The van der Waals surface area contributed by atoms with Gasteiger partial charge in [-0.05, 0) is 29.7 Å². The van der Waals surface area contributed by atoms with Gasteiger partial charge in [0.1, 0.15) is 5.82 Å². The molecule has 0 fully saturated rings. The third-order valence-corrected chi connectivity index (χ3v) is 4.36. The Kier molecular flexibility index (Phi) is 5.37. The van der Waals surface area contributed by atoms with E-state index < -0.39 is 0 Å². The van der Waals surface area contributed by atoms with Gasteiger partial charge in [-0.3, -0.25) is 4.79 Å². The summed E-state index contributed by atoms with van der Waals surface area (Å²) in [5.41, 5.74) is 7.02. The Labute approximate surface area is 126 Å². The minimum Gasteiger partial charge on any atom is -0.399 e. The normalized spacial score (nSPS) is 10.4. The zero-order chi connectivity index (χ0) is 14.4. The first-order chi connectivity index (χ1) is 9.67. The molecule has 0 aliphatic heterocycles. The molecule has 0 saturated carbocycles. The fourth-order valence-corrected chi connectivity index (χ4v) is 3.22. The van der Waals surface area contributed by atoms with Gasteiger partial charge in [0.15, 0.2) is 4.34 Å². The quantitative estimate of drug-likeness (QED) is 0.633. The molecule has 20 heavy (non-hydrogen) atoms. The van der Waals surface area contributed by atoms with Crippen molar-refractivity contribution in [3.05, 3.63) is 30.1 Å². The van der Waals surface area contributed by atoms with E-state index in [-0.39, 0.29) is 5.91 Å². The molecule has 0 aliphatic rings. The summed E-state index contributed by atoms with van der Waals surface area (Å²) in [6.45, 7) is 2.02. The van der Waals surface area contributed by atoms with E-state index in [4.69, 9.17) is 5.73 Å². The molecular formula is C13H16N4OS2. The summed E-state index contributed by atoms with van der Waals surface area (Å²) in [5.74, 6) is 1.53. The van der Waals surface area contributed by atoms with Crippen molar-refractivity contribution < 1.29 is 4.79 Å². The van der Waals surface area contributed by atoms with Crippen LogP contribution in [-0.2, 0) is 11.2 Å². The molecule has 3 N–H and O–H groups in total. The molecule has 7 heteroatoms. The average molecular weight is 308 g/mol. The van der Waals surface area contributed by atoms with E-state index in [0.717, 1.165) is 22.3 Å². The van der Waals surface area contributed by atoms with Crippen molar-refractivity contribution in [2.75, 3.05) is 16.8 Å². The molecule has 0 spiro atoms. The zero-order valence-electron chi connectivity index (χ0n) is 11.1. The second kappa shape index (κ2) is 7.25. The lowest BCUT2D eigenvalue weighted by molar-refractivity contribution is -0.115. The first kappa shape index (κ1) is 14.8. The number of nitrogens with one attached hydrogen (secondary N) is 1. The predicted octanol–water partition coefficient (Wildman–Crippen LogP) is 2.80. The molecule has 2 rings (SSSR count). The van der Waals surface area contributed by atoms with Crippen molar-refractivity contribution in [1.82, 2.24) is 9.36 Å². The monoisotopic (exact) mass is 308 g/mol. The Morgan fingerprint density at radius 1 is 1.50 bits per heavy atom. The van der Waals surface area contributed by atoms with Crippen molar-refractivity contribution in [2.24, 2.45) is 0 Å². The smallest absolute Gasteiger partial charge is 0.225 e. The summed E-state index contributed by atoms with van der Waals surface area (Å²) < 4.78 is 5.12. The fourth-order valence-electron chi connectivity index (χ4n) is 1.51. The molecule has 0 bridgehead atoms. The highest BCUT2D eigenvalue weighted by Gasteiger charge is 2.06. The van der Waals surface area contributed by atoms with Crippen LogP contribution in [0.4, 0.5) is 11.4 Å². The lowest BCUT2D eigenvalue weighted by Gasteiger charge is -2.05. The number of thioether (sulfide) groups is 1. The van der Waals surface area contributed by atoms with E-state index in [2.05, 4.69) is 14.7 Å². The number of carbonyl (C=O) groups excluding carboxylic acids is 1. The molecule has 0 unspecified atom stereocenters. The van der Waals surface area contributed by atoms with Gasteiger partial charge >= 0.3 is 0 Å². The lowest BCUT2D eigenvalue weighted by Crippen LogP contribution is -2.12. The molecule has 1 aromatic heterocycles. The number of benzene rings is 1. The molecule has 5 nitrogen and oxygen atoms in total. The third-order valence-electron chi connectivity index (χ3n) is 2.49. The molecule has 1 amide bonds. The van der Waals surface area contributed by atoms with Crippen LogP contribution < -0.4 is 11.1 Å². The number of aryl methyl sites for hydroxylation is 1. The number of rotatable bonds is 6. The maximum absolute atomic E-state index is 11.8. The highest BCUT2D eigenvalue weighted by atomic mass is 32.2. The number of hydrogen-bond donors (Lipinski definition) is 2. The van der Waals surface area contributed by atoms with Crippen LogP contribution in [0.1, 0.15) is 19.2 Å². The highest BCUT2D eigenvalue weighted by molar-refractivity contribution is 8.00. The average Bonchev–Trinajstić information content (AvgIpc) is 2.86. The van der Waals surface area contributed by atoms with Gasteiger partial charge in [-0.1, -0.05) is 24.8 Å². The second-order valence-corrected chi connectivity index (χ2v) is 6.20. The van der Waals surface area contributed by atoms with Gasteiger partial charge in [0.2, 0.25) is 5.91 Å². The number of anilines is 2. The number of hydrogen-bond acceptors (Lipinski definition) is 6. The molecule has 2 aromatic rings. The van der Waals surface area contributed by atoms with Crippen LogP contribution in [0, 0.1) is 0 Å². The molecule has 0 atom stereocenters. The van der Waals surface area contributed by atoms with Gasteiger partial charge in [0.25, 0.3) is 0 Å². The number of nitrogens with two attached hydrogens (primary N) is 1. The summed E-state index contributed by atoms with van der Waals surface area (Å²) in [4.78, 5) is 16.1. The van der Waals surface area contributed by atoms with Gasteiger partial charge in [0.05, 0.1) is 0 Å². The number of nitrogens with zero attached hydrogens (tertiary/aromatic N) is 2. The Hall–Kier alpha value is -1.60. The van der Waals surface area contributed by atoms with Crippen molar-refractivity contribution in [2.45, 2.75) is 24.1 Å². The largest absolute Gasteiger partial charge is 0.399 e. The first-order valence-corrected chi connectivity index (χ1v) is 8.04. The zero-order valence-corrected chi connectivity index (χ0v) is 12.8. The van der Waals surface area contributed by atoms with Gasteiger partial charge in [-0.25, -0.2) is 4.98 Å². The Balaban J connectivity index is 1.75. The summed E-state index contributed by atoms with van der Waals surface area (Å²) >= 11 is 2.94. The van der Waals surface area contributed by atoms with Crippen LogP contribution in [0.5, 0.6) is 0 Å². The molecule has 106 valence electrons. The lowest BCUT2D eigenvalue weighted by atomic mass is 10.3. The Morgan fingerprint density at radius 3 is 3.05 bits per heavy atom. The number of amides is 1. The number of nitrogen functional groups attached to an aromatic ring is 1. The van der Waals surface area contributed by atoms with E-state index in [9.17, 15) is 4.79 Å². The topological polar surface area (TPSA) is 80.9 Å². The van der Waals surface area contributed by atoms with E-state index in [1.165, 1.54) is 11.5 Å². The molecule has 1 aromatic carbocycles. The second-order valence-electron chi connectivity index (χ2n) is 4.10. The van der Waals surface area contributed by atoms with Crippen molar-refractivity contribution in [3.8, 4) is 0 Å². The SMILES string of the molecule is CCc1nsc(SCCC(=O)Nc2cccc(N)c2)n1. The van der Waals surface area contributed by atoms with Crippen LogP contribution in [-0.4, -0.2) is 21.0 Å². The maximum atomic E-state index is 11.8. The van der Waals surface area contributed by atoms with Crippen LogP contribution in [0.25, 0.3) is 0 Å². The summed E-state index contributed by atoms with van der Waals surface area (Å²) in [7, 11) is 0. The molecule has 0 aliphatic carbocycles. The Bertz CT molecular complexity index is 585.